The van der Waals surface area contributed by atoms with Crippen molar-refractivity contribution >= 4 is 0 Å². The zero-order chi connectivity index (χ0) is 88.1. The molecule has 0 aliphatic carbocycles. The molecule has 17 aromatic carbocycles. The van der Waals surface area contributed by atoms with E-state index in [1.807, 2.05) is 134 Å². The molecule has 9 nitrogen and oxygen atoms in total. The number of pyridine rings is 2. The van der Waals surface area contributed by atoms with Crippen LogP contribution in [0.3, 0.4) is 0 Å². The first-order valence-corrected chi connectivity index (χ1v) is 44.1. The van der Waals surface area contributed by atoms with Gasteiger partial charge in [-0.3, -0.25) is 0 Å². The first kappa shape index (κ1) is 86.9. The van der Waals surface area contributed by atoms with Crippen molar-refractivity contribution in [3.8, 4) is 225 Å². The molecule has 5 aromatic heterocycles. The Kier molecular flexibility index (Phi) is 26.4. The van der Waals surface area contributed by atoms with Crippen LogP contribution in [0.5, 0.6) is 0 Å². The molecule has 0 bridgehead atoms. The van der Waals surface area contributed by atoms with Crippen LogP contribution >= 0.6 is 0 Å². The van der Waals surface area contributed by atoms with Gasteiger partial charge in [-0.2, -0.15) is 0 Å². The summed E-state index contributed by atoms with van der Waals surface area (Å²) >= 11 is 0. The Morgan fingerprint density at radius 1 is 0.127 bits per heavy atom. The monoisotopic (exact) mass is 2070 g/mol. The van der Waals surface area contributed by atoms with Gasteiger partial charge < -0.3 is 9.97 Å². The van der Waals surface area contributed by atoms with Crippen LogP contribution < -0.4 is 0 Å². The van der Waals surface area contributed by atoms with Crippen LogP contribution in [0.4, 0.5) is 0 Å². The average Bonchev–Trinajstić information content (AvgIpc) is 0.828. The van der Waals surface area contributed by atoms with Crippen molar-refractivity contribution in [3.63, 3.8) is 0 Å². The molecule has 0 aliphatic heterocycles. The summed E-state index contributed by atoms with van der Waals surface area (Å²) in [5, 5.41) is 0. The normalized spacial score (nSPS) is 10.9. The number of hydrogen-bond acceptors (Lipinski definition) is 9. The van der Waals surface area contributed by atoms with Gasteiger partial charge in [0.05, 0.1) is 22.8 Å². The van der Waals surface area contributed by atoms with Crippen molar-refractivity contribution in [2.24, 2.45) is 0 Å². The van der Waals surface area contributed by atoms with Gasteiger partial charge in [-0.1, -0.05) is 340 Å². The number of benzene rings is 17. The van der Waals surface area contributed by atoms with Crippen molar-refractivity contribution in [1.29, 1.82) is 0 Å². The van der Waals surface area contributed by atoms with Crippen LogP contribution in [0.1, 0.15) is 0 Å². The molecule has 0 saturated heterocycles. The maximum Gasteiger partial charge on any atom is 0.164 e. The molecular formula is C123H81Ir2N9-2. The second kappa shape index (κ2) is 40.7. The third-order valence-corrected chi connectivity index (χ3v) is 23.5. The quantitative estimate of drug-likeness (QED) is 0.0688. The van der Waals surface area contributed by atoms with E-state index in [2.05, 4.69) is 380 Å². The molecule has 0 N–H and O–H groups in total. The Bertz CT molecular complexity index is 7280. The third-order valence-electron chi connectivity index (χ3n) is 23.5. The van der Waals surface area contributed by atoms with Gasteiger partial charge in [-0.25, -0.2) is 34.9 Å². The predicted octanol–water partition coefficient (Wildman–Crippen LogP) is 30.9. The van der Waals surface area contributed by atoms with Gasteiger partial charge in [0.25, 0.3) is 0 Å². The second-order valence-corrected chi connectivity index (χ2v) is 32.3. The van der Waals surface area contributed by atoms with E-state index in [-0.39, 0.29) is 40.2 Å². The second-order valence-electron chi connectivity index (χ2n) is 32.3. The zero-order valence-corrected chi connectivity index (χ0v) is 77.2. The minimum Gasteiger partial charge on any atom is -0.305 e. The van der Waals surface area contributed by atoms with Gasteiger partial charge in [0, 0.05) is 103 Å². The van der Waals surface area contributed by atoms with E-state index in [0.29, 0.717) is 29.1 Å². The summed E-state index contributed by atoms with van der Waals surface area (Å²) in [6, 6.07) is 173. The van der Waals surface area contributed by atoms with Crippen LogP contribution in [0.25, 0.3) is 225 Å². The fourth-order valence-corrected chi connectivity index (χ4v) is 16.8. The van der Waals surface area contributed by atoms with E-state index in [4.69, 9.17) is 34.9 Å². The topological polar surface area (TPSA) is 116 Å². The SMILES string of the molecule is [Ir].[Ir].[c-]1ccc(-c2cccc(-c3cc(-c4nc(-c5ccccc5)cc(-c5ccccc5)n4)cc(-c4nc(-c5ccccc5)cc(-c5ccccc5)n4)c3)c2)cc1-c1ccccn1.[c-]1ccc(-c2cccc(-c3nc(-c4cccc(-c5cc(-c6ccccc6)cc(-c6ccccc6)c5)c4)nc(-c4cccc(-c5cc(-c6ccccc6)cc(-c6ccccc6)c5)c4)n3)c2)cc1-c1ccccn1. The molecule has 2 radical (unpaired) electrons. The standard InChI is InChI=1S/C68H45N4.C55H36N5.2Ir/c1-5-19-47(20-6-1)59-41-60(48-21-7-2-8-22-48)44-63(43-59)53-29-17-33-57(39-53)67-70-66(56-32-16-28-52(38-56)51-27-15-31-55(37-51)65-35-13-14-36-69-65)71-68(72-67)58-34-18-30-54(40-58)64-45-61(49-23-9-3-10-24-49)42-62(46-64)50-25-11-4-12-26-50;1-5-17-38(18-6-1)50-36-51(39-19-7-2-8-20-39)58-54(57-50)47-33-46(44-27-15-25-42(31-44)43-26-16-28-45(32-43)49-29-13-14-30-56-49)34-48(35-47)55-59-52(40-21-9-3-10-22-40)37-53(60-55)41-23-11-4-12-24-41;;/h1-30,32-46H;1-27,29-37H;;/q2*-1;;. The smallest absolute Gasteiger partial charge is 0.164 e. The van der Waals surface area contributed by atoms with Crippen LogP contribution in [-0.2, 0) is 40.2 Å². The minimum absolute atomic E-state index is 0. The molecule has 22 rings (SSSR count). The maximum absolute atomic E-state index is 5.32. The summed E-state index contributed by atoms with van der Waals surface area (Å²) in [5.41, 5.74) is 35.2. The van der Waals surface area contributed by atoms with Gasteiger partial charge in [-0.05, 0) is 204 Å². The molecule has 5 heterocycles. The number of hydrogen-bond donors (Lipinski definition) is 0. The van der Waals surface area contributed by atoms with Gasteiger partial charge in [-0.15, -0.1) is 70.8 Å². The third kappa shape index (κ3) is 20.0. The fraction of sp³-hybridized carbons (Fsp3) is 0. The summed E-state index contributed by atoms with van der Waals surface area (Å²) in [4.78, 5) is 46.0. The Morgan fingerprint density at radius 2 is 0.321 bits per heavy atom. The van der Waals surface area contributed by atoms with Gasteiger partial charge >= 0.3 is 0 Å². The van der Waals surface area contributed by atoms with E-state index >= 15 is 0 Å². The van der Waals surface area contributed by atoms with Crippen molar-refractivity contribution in [1.82, 2.24) is 44.9 Å². The molecule has 0 spiro atoms. The molecule has 0 unspecified atom stereocenters. The molecule has 22 aromatic rings. The Labute approximate surface area is 807 Å². The van der Waals surface area contributed by atoms with E-state index in [0.717, 1.165) is 196 Å². The Morgan fingerprint density at radius 3 is 0.590 bits per heavy atom. The van der Waals surface area contributed by atoms with E-state index in [1.54, 1.807) is 0 Å². The van der Waals surface area contributed by atoms with Crippen LogP contribution in [0.2, 0.25) is 0 Å². The van der Waals surface area contributed by atoms with Crippen LogP contribution in [0, 0.1) is 12.1 Å². The van der Waals surface area contributed by atoms with E-state index in [9.17, 15) is 0 Å². The number of aromatic nitrogens is 9. The first-order chi connectivity index (χ1) is 65.3. The zero-order valence-electron chi connectivity index (χ0n) is 72.5. The Balaban J connectivity index is 0.000000173. The summed E-state index contributed by atoms with van der Waals surface area (Å²) in [5.74, 6) is 2.96. The van der Waals surface area contributed by atoms with Crippen molar-refractivity contribution in [3.05, 3.63) is 504 Å². The summed E-state index contributed by atoms with van der Waals surface area (Å²) < 4.78 is 0. The van der Waals surface area contributed by atoms with Crippen LogP contribution in [0.15, 0.2) is 492 Å². The van der Waals surface area contributed by atoms with Gasteiger partial charge in [0.2, 0.25) is 0 Å². The Hall–Kier alpha value is -16.5. The number of nitrogens with zero attached hydrogens (tertiary/aromatic N) is 9. The number of rotatable bonds is 20. The van der Waals surface area contributed by atoms with Gasteiger partial charge in [0.1, 0.15) is 0 Å². The van der Waals surface area contributed by atoms with Gasteiger partial charge in [0.15, 0.2) is 29.1 Å². The van der Waals surface area contributed by atoms with Crippen molar-refractivity contribution < 1.29 is 40.2 Å². The molecule has 134 heavy (non-hydrogen) atoms. The molecule has 0 amide bonds. The van der Waals surface area contributed by atoms with Crippen LogP contribution in [-0.4, -0.2) is 44.9 Å². The molecule has 0 fully saturated rings. The minimum atomic E-state index is 0. The average molecular weight is 2070 g/mol. The van der Waals surface area contributed by atoms with Crippen molar-refractivity contribution in [2.75, 3.05) is 0 Å². The predicted molar refractivity (Wildman–Crippen MR) is 539 cm³/mol. The first-order valence-electron chi connectivity index (χ1n) is 44.1. The van der Waals surface area contributed by atoms with E-state index in [1.165, 1.54) is 0 Å². The molecule has 0 aliphatic rings. The summed E-state index contributed by atoms with van der Waals surface area (Å²) in [6.07, 6.45) is 3.62. The van der Waals surface area contributed by atoms with E-state index < -0.39 is 0 Å². The maximum atomic E-state index is 5.32. The fourth-order valence-electron chi connectivity index (χ4n) is 16.8. The molecule has 11 heteroatoms. The molecule has 0 atom stereocenters. The summed E-state index contributed by atoms with van der Waals surface area (Å²) in [7, 11) is 0. The molecule has 0 saturated carbocycles. The molecular weight excluding hydrogens is 1990 g/mol. The largest absolute Gasteiger partial charge is 0.305 e. The summed E-state index contributed by atoms with van der Waals surface area (Å²) in [6.45, 7) is 0. The van der Waals surface area contributed by atoms with Crippen molar-refractivity contribution in [2.45, 2.75) is 0 Å². The molecule has 638 valence electrons.